The van der Waals surface area contributed by atoms with E-state index >= 15 is 0 Å². The van der Waals surface area contributed by atoms with Gasteiger partial charge in [-0.1, -0.05) is 121 Å². The molecule has 0 amide bonds. The summed E-state index contributed by atoms with van der Waals surface area (Å²) in [7, 11) is 0. The Kier molecular flexibility index (Phi) is 15.3. The molecular formula is C35H50N2. The summed E-state index contributed by atoms with van der Waals surface area (Å²) in [6.07, 6.45) is 17.2. The molecule has 2 aromatic rings. The van der Waals surface area contributed by atoms with E-state index < -0.39 is 0 Å². The van der Waals surface area contributed by atoms with Crippen LogP contribution >= 0.6 is 0 Å². The van der Waals surface area contributed by atoms with E-state index in [1.165, 1.54) is 91.2 Å². The lowest BCUT2D eigenvalue weighted by Gasteiger charge is -2.19. The van der Waals surface area contributed by atoms with Crippen LogP contribution < -0.4 is 0 Å². The Labute approximate surface area is 227 Å². The fourth-order valence-electron chi connectivity index (χ4n) is 5.10. The van der Waals surface area contributed by atoms with Gasteiger partial charge < -0.3 is 5.53 Å². The molecule has 2 aromatic carbocycles. The monoisotopic (exact) mass is 498 g/mol. The van der Waals surface area contributed by atoms with Crippen LogP contribution in [0.4, 0.5) is 0 Å². The largest absolute Gasteiger partial charge is 0.348 e. The number of hydrogen-bond acceptors (Lipinski definition) is 0. The second kappa shape index (κ2) is 18.6. The lowest BCUT2D eigenvalue weighted by Crippen LogP contribution is -2.02. The standard InChI is InChI=1S/C35H50N2/c1-5-9-13-19-30-21-17-24-32(27-30)35(31-23-16-20-29(26-31)18-12-8-4)34(25-15-11-7-3)33(28-37-36)22-14-10-6-2/h16-17,20-21,23-24,26-27H,5-15,18-19,22,25H2,1-4H3. The summed E-state index contributed by atoms with van der Waals surface area (Å²) in [6, 6.07) is 18.3. The fourth-order valence-corrected chi connectivity index (χ4v) is 5.10. The van der Waals surface area contributed by atoms with Crippen LogP contribution in [0.15, 0.2) is 59.7 Å². The number of hydrogen-bond donors (Lipinski definition) is 0. The molecule has 0 bridgehead atoms. The van der Waals surface area contributed by atoms with E-state index in [2.05, 4.69) is 86.9 Å². The molecule has 2 rings (SSSR count). The maximum atomic E-state index is 9.61. The molecule has 0 saturated heterocycles. The molecule has 0 aliphatic carbocycles. The highest BCUT2D eigenvalue weighted by atomic mass is 14.8. The van der Waals surface area contributed by atoms with Crippen LogP contribution in [-0.2, 0) is 12.8 Å². The molecule has 2 heteroatoms. The molecule has 0 unspecified atom stereocenters. The van der Waals surface area contributed by atoms with E-state index in [9.17, 15) is 5.53 Å². The molecule has 0 radical (unpaired) electrons. The van der Waals surface area contributed by atoms with Crippen LogP contribution in [0.3, 0.4) is 0 Å². The fraction of sp³-hybridized carbons (Fsp3) is 0.543. The zero-order valence-corrected chi connectivity index (χ0v) is 24.1. The molecule has 0 spiro atoms. The van der Waals surface area contributed by atoms with Gasteiger partial charge in [-0.2, -0.15) is 0 Å². The molecule has 0 aliphatic heterocycles. The van der Waals surface area contributed by atoms with Gasteiger partial charge in [-0.15, -0.1) is 4.79 Å². The third-order valence-electron chi connectivity index (χ3n) is 7.23. The molecule has 0 atom stereocenters. The number of unbranched alkanes of at least 4 members (excludes halogenated alkanes) is 7. The zero-order valence-electron chi connectivity index (χ0n) is 24.1. The highest BCUT2D eigenvalue weighted by Gasteiger charge is 2.19. The minimum Gasteiger partial charge on any atom is -0.348 e. The van der Waals surface area contributed by atoms with Crippen molar-refractivity contribution in [3.8, 4) is 0 Å². The summed E-state index contributed by atoms with van der Waals surface area (Å²) < 4.78 is 0. The molecule has 0 fully saturated rings. The summed E-state index contributed by atoms with van der Waals surface area (Å²) in [4.78, 5) is 3.44. The molecular weight excluding hydrogens is 448 g/mol. The predicted molar refractivity (Wildman–Crippen MR) is 161 cm³/mol. The molecule has 37 heavy (non-hydrogen) atoms. The number of aryl methyl sites for hydroxylation is 2. The van der Waals surface area contributed by atoms with E-state index in [0.717, 1.165) is 44.1 Å². The van der Waals surface area contributed by atoms with Crippen molar-refractivity contribution in [2.45, 2.75) is 124 Å². The van der Waals surface area contributed by atoms with Crippen LogP contribution in [0.5, 0.6) is 0 Å². The van der Waals surface area contributed by atoms with Gasteiger partial charge >= 0.3 is 5.87 Å². The molecule has 0 heterocycles. The van der Waals surface area contributed by atoms with Crippen molar-refractivity contribution < 1.29 is 4.79 Å². The van der Waals surface area contributed by atoms with Gasteiger partial charge in [-0.25, -0.2) is 0 Å². The highest BCUT2D eigenvalue weighted by molar-refractivity contribution is 5.87. The normalized spacial score (nSPS) is 11.6. The number of rotatable bonds is 18. The number of nitrogens with zero attached hydrogens (tertiary/aromatic N) is 2. The molecule has 2 nitrogen and oxygen atoms in total. The Morgan fingerprint density at radius 1 is 0.649 bits per heavy atom. The maximum absolute atomic E-state index is 9.61. The van der Waals surface area contributed by atoms with E-state index in [-0.39, 0.29) is 0 Å². The van der Waals surface area contributed by atoms with Crippen molar-refractivity contribution in [3.63, 3.8) is 0 Å². The second-order valence-electron chi connectivity index (χ2n) is 10.4. The lowest BCUT2D eigenvalue weighted by atomic mass is 9.84. The topological polar surface area (TPSA) is 36.4 Å². The van der Waals surface area contributed by atoms with Crippen molar-refractivity contribution in [3.05, 3.63) is 87.5 Å². The minimum atomic E-state index is 0.897. The molecule has 0 aliphatic rings. The van der Waals surface area contributed by atoms with Crippen LogP contribution in [0, 0.1) is 0 Å². The SMILES string of the molecule is CCCCCC(=C=[N+]=[N-])C(CCCCC)=C(c1cccc(CCCC)c1)c1cccc(CCCCC)c1. The van der Waals surface area contributed by atoms with E-state index in [0.29, 0.717) is 0 Å². The minimum absolute atomic E-state index is 0.897. The first-order valence-electron chi connectivity index (χ1n) is 15.1. The van der Waals surface area contributed by atoms with E-state index in [1.54, 1.807) is 0 Å². The van der Waals surface area contributed by atoms with Crippen LogP contribution in [0.2, 0.25) is 0 Å². The summed E-state index contributed by atoms with van der Waals surface area (Å²) in [6.45, 7) is 9.01. The van der Waals surface area contributed by atoms with Gasteiger partial charge in [0.25, 0.3) is 0 Å². The lowest BCUT2D eigenvalue weighted by molar-refractivity contribution is 0.00739. The summed E-state index contributed by atoms with van der Waals surface area (Å²) in [5, 5.41) is 0. The summed E-state index contributed by atoms with van der Waals surface area (Å²) in [5.41, 5.74) is 18.6. The van der Waals surface area contributed by atoms with Gasteiger partial charge in [0.05, 0.1) is 5.57 Å². The van der Waals surface area contributed by atoms with Crippen LogP contribution in [0.25, 0.3) is 11.1 Å². The summed E-state index contributed by atoms with van der Waals surface area (Å²) >= 11 is 0. The van der Waals surface area contributed by atoms with Crippen molar-refractivity contribution in [1.82, 2.24) is 0 Å². The molecule has 200 valence electrons. The van der Waals surface area contributed by atoms with Gasteiger partial charge in [0.15, 0.2) is 0 Å². The number of benzene rings is 2. The smallest absolute Gasteiger partial charge is 0.303 e. The van der Waals surface area contributed by atoms with E-state index in [4.69, 9.17) is 0 Å². The van der Waals surface area contributed by atoms with Gasteiger partial charge in [0.1, 0.15) is 0 Å². The van der Waals surface area contributed by atoms with Crippen molar-refractivity contribution in [1.29, 1.82) is 0 Å². The van der Waals surface area contributed by atoms with Gasteiger partial charge in [0, 0.05) is 0 Å². The Morgan fingerprint density at radius 2 is 1.16 bits per heavy atom. The van der Waals surface area contributed by atoms with Gasteiger partial charge in [-0.05, 0) is 84.8 Å². The Morgan fingerprint density at radius 3 is 1.70 bits per heavy atom. The average molecular weight is 499 g/mol. The van der Waals surface area contributed by atoms with Gasteiger partial charge in [0.2, 0.25) is 0 Å². The predicted octanol–water partition coefficient (Wildman–Crippen LogP) is 10.6. The third-order valence-corrected chi connectivity index (χ3v) is 7.23. The first-order chi connectivity index (χ1) is 18.2. The van der Waals surface area contributed by atoms with Crippen LogP contribution in [0.1, 0.15) is 133 Å². The third kappa shape index (κ3) is 10.7. The quantitative estimate of drug-likeness (QED) is 0.0644. The number of allylic oxidation sites excluding steroid dienone is 2. The van der Waals surface area contributed by atoms with Gasteiger partial charge in [-0.3, -0.25) is 0 Å². The molecule has 0 saturated carbocycles. The highest BCUT2D eigenvalue weighted by Crippen LogP contribution is 2.35. The first kappa shape index (κ1) is 30.6. The van der Waals surface area contributed by atoms with Crippen molar-refractivity contribution in [2.24, 2.45) is 0 Å². The summed E-state index contributed by atoms with van der Waals surface area (Å²) in [5.74, 6) is 3.03. The maximum Gasteiger partial charge on any atom is 0.303 e. The van der Waals surface area contributed by atoms with Crippen molar-refractivity contribution >= 4 is 11.4 Å². The average Bonchev–Trinajstić information content (AvgIpc) is 2.92. The Balaban J connectivity index is 2.74. The second-order valence-corrected chi connectivity index (χ2v) is 10.4. The van der Waals surface area contributed by atoms with E-state index in [1.807, 2.05) is 0 Å². The Bertz CT molecular complexity index is 1050. The van der Waals surface area contributed by atoms with Crippen molar-refractivity contribution in [2.75, 3.05) is 0 Å². The van der Waals surface area contributed by atoms with Crippen LogP contribution in [-0.4, -0.2) is 10.7 Å². The Hall–Kier alpha value is -2.66. The zero-order chi connectivity index (χ0) is 26.7. The molecule has 0 aromatic heterocycles. The first-order valence-corrected chi connectivity index (χ1v) is 15.1. The molecule has 0 N–H and O–H groups in total.